The van der Waals surface area contributed by atoms with Crippen LogP contribution in [-0.4, -0.2) is 34.9 Å². The second kappa shape index (κ2) is 4.84. The molecule has 2 aromatic rings. The lowest BCUT2D eigenvalue weighted by Gasteiger charge is -2.22. The summed E-state index contributed by atoms with van der Waals surface area (Å²) in [5, 5.41) is 19.6. The van der Waals surface area contributed by atoms with E-state index < -0.39 is 0 Å². The summed E-state index contributed by atoms with van der Waals surface area (Å²) in [7, 11) is 0. The highest BCUT2D eigenvalue weighted by atomic mass is 16.3. The maximum absolute atomic E-state index is 12.7. The monoisotopic (exact) mass is 309 g/mol. The summed E-state index contributed by atoms with van der Waals surface area (Å²) >= 11 is 0. The van der Waals surface area contributed by atoms with Crippen molar-refractivity contribution in [1.82, 2.24) is 0 Å². The molecule has 2 aliphatic rings. The molecule has 0 atom stereocenters. The average Bonchev–Trinajstić information content (AvgIpc) is 3.06. The molecule has 2 N–H and O–H groups in total. The summed E-state index contributed by atoms with van der Waals surface area (Å²) in [6.45, 7) is 1.89. The predicted molar refractivity (Wildman–Crippen MR) is 84.5 cm³/mol. The van der Waals surface area contributed by atoms with E-state index in [1.807, 2.05) is 6.07 Å². The van der Waals surface area contributed by atoms with Gasteiger partial charge in [-0.25, -0.2) is 0 Å². The number of carbonyl (C=O) groups excluding carboxylic acids is 2. The Balaban J connectivity index is 1.87. The first-order valence-electron chi connectivity index (χ1n) is 7.60. The van der Waals surface area contributed by atoms with Crippen LogP contribution >= 0.6 is 0 Å². The fourth-order valence-electron chi connectivity index (χ4n) is 3.40. The Morgan fingerprint density at radius 1 is 0.826 bits per heavy atom. The highest BCUT2D eigenvalue weighted by Crippen LogP contribution is 2.37. The van der Waals surface area contributed by atoms with Crippen molar-refractivity contribution in [2.24, 2.45) is 0 Å². The van der Waals surface area contributed by atoms with Crippen LogP contribution in [0.3, 0.4) is 0 Å². The Morgan fingerprint density at radius 3 is 2.30 bits per heavy atom. The van der Waals surface area contributed by atoms with Gasteiger partial charge in [0.1, 0.15) is 11.5 Å². The zero-order valence-electron chi connectivity index (χ0n) is 12.4. The summed E-state index contributed by atoms with van der Waals surface area (Å²) < 4.78 is 0. The predicted octanol–water partition coefficient (Wildman–Crippen LogP) is 2.47. The van der Waals surface area contributed by atoms with E-state index >= 15 is 0 Å². The first-order chi connectivity index (χ1) is 11.1. The molecule has 1 aliphatic carbocycles. The summed E-state index contributed by atoms with van der Waals surface area (Å²) in [6.07, 6.45) is 2.24. The number of hydrogen-bond acceptors (Lipinski definition) is 5. The number of phenolic OH excluding ortho intramolecular Hbond substituents is 2. The molecule has 0 radical (unpaired) electrons. The lowest BCUT2D eigenvalue weighted by molar-refractivity contribution is 0.0976. The number of nitrogens with zero attached hydrogens (tertiary/aromatic N) is 1. The van der Waals surface area contributed by atoms with E-state index in [0.717, 1.165) is 37.7 Å². The van der Waals surface area contributed by atoms with E-state index in [9.17, 15) is 19.8 Å². The van der Waals surface area contributed by atoms with Crippen LogP contribution in [-0.2, 0) is 0 Å². The lowest BCUT2D eigenvalue weighted by atomic mass is 9.83. The smallest absolute Gasteiger partial charge is 0.198 e. The molecule has 0 saturated carbocycles. The molecule has 4 rings (SSSR count). The van der Waals surface area contributed by atoms with Gasteiger partial charge < -0.3 is 15.1 Å². The van der Waals surface area contributed by atoms with Crippen LogP contribution in [0.2, 0.25) is 0 Å². The average molecular weight is 309 g/mol. The van der Waals surface area contributed by atoms with Crippen molar-refractivity contribution in [1.29, 1.82) is 0 Å². The van der Waals surface area contributed by atoms with Gasteiger partial charge in [-0.2, -0.15) is 0 Å². The summed E-state index contributed by atoms with van der Waals surface area (Å²) in [5.74, 6) is -1.34. The van der Waals surface area contributed by atoms with Crippen molar-refractivity contribution in [3.05, 3.63) is 52.6 Å². The maximum atomic E-state index is 12.7. The Bertz CT molecular complexity index is 850. The molecular weight excluding hydrogens is 294 g/mol. The fraction of sp³-hybridized carbons (Fsp3) is 0.222. The Kier molecular flexibility index (Phi) is 2.91. The SMILES string of the molecule is O=C1c2cc(N3CCCC3)ccc2C(=O)c2c(O)cc(O)cc21. The van der Waals surface area contributed by atoms with Crippen LogP contribution in [0, 0.1) is 0 Å². The van der Waals surface area contributed by atoms with Gasteiger partial charge in [0.25, 0.3) is 0 Å². The molecule has 0 bridgehead atoms. The minimum atomic E-state index is -0.389. The van der Waals surface area contributed by atoms with Crippen LogP contribution in [0.25, 0.3) is 0 Å². The number of phenols is 2. The highest BCUT2D eigenvalue weighted by molar-refractivity contribution is 6.29. The molecule has 0 spiro atoms. The molecule has 0 aromatic heterocycles. The first-order valence-corrected chi connectivity index (χ1v) is 7.60. The number of ketones is 2. The van der Waals surface area contributed by atoms with Gasteiger partial charge in [-0.05, 0) is 37.1 Å². The zero-order valence-corrected chi connectivity index (χ0v) is 12.4. The van der Waals surface area contributed by atoms with Gasteiger partial charge in [-0.1, -0.05) is 0 Å². The minimum Gasteiger partial charge on any atom is -0.508 e. The second-order valence-corrected chi connectivity index (χ2v) is 5.97. The van der Waals surface area contributed by atoms with Gasteiger partial charge in [0.05, 0.1) is 5.56 Å². The third kappa shape index (κ3) is 2.00. The van der Waals surface area contributed by atoms with Crippen LogP contribution < -0.4 is 4.90 Å². The Labute approximate surface area is 132 Å². The van der Waals surface area contributed by atoms with Crippen molar-refractivity contribution >= 4 is 17.3 Å². The van der Waals surface area contributed by atoms with Gasteiger partial charge >= 0.3 is 0 Å². The topological polar surface area (TPSA) is 77.8 Å². The number of fused-ring (bicyclic) bond motifs is 2. The number of hydrogen-bond donors (Lipinski definition) is 2. The fourth-order valence-corrected chi connectivity index (χ4v) is 3.40. The number of anilines is 1. The third-order valence-electron chi connectivity index (χ3n) is 4.54. The van der Waals surface area contributed by atoms with Crippen molar-refractivity contribution in [2.45, 2.75) is 12.8 Å². The van der Waals surface area contributed by atoms with Crippen molar-refractivity contribution in [2.75, 3.05) is 18.0 Å². The molecule has 1 aliphatic heterocycles. The number of carbonyl (C=O) groups is 2. The van der Waals surface area contributed by atoms with E-state index in [1.54, 1.807) is 12.1 Å². The number of aromatic hydroxyl groups is 2. The third-order valence-corrected chi connectivity index (χ3v) is 4.54. The van der Waals surface area contributed by atoms with Crippen molar-refractivity contribution < 1.29 is 19.8 Å². The molecule has 1 heterocycles. The molecule has 5 nitrogen and oxygen atoms in total. The summed E-state index contributed by atoms with van der Waals surface area (Å²) in [6, 6.07) is 7.55. The molecule has 5 heteroatoms. The standard InChI is InChI=1S/C18H15NO4/c20-11-8-14-16(15(21)9-11)18(23)12-4-3-10(7-13(12)17(14)22)19-5-1-2-6-19/h3-4,7-9,20-21H,1-2,5-6H2. The van der Waals surface area contributed by atoms with E-state index in [2.05, 4.69) is 4.90 Å². The highest BCUT2D eigenvalue weighted by Gasteiger charge is 2.33. The summed E-state index contributed by atoms with van der Waals surface area (Å²) in [4.78, 5) is 27.5. The van der Waals surface area contributed by atoms with Gasteiger partial charge in [-0.3, -0.25) is 9.59 Å². The lowest BCUT2D eigenvalue weighted by Crippen LogP contribution is -2.23. The quantitative estimate of drug-likeness (QED) is 0.722. The number of benzene rings is 2. The second-order valence-electron chi connectivity index (χ2n) is 5.97. The molecule has 23 heavy (non-hydrogen) atoms. The van der Waals surface area contributed by atoms with Gasteiger partial charge in [0, 0.05) is 41.5 Å². The first kappa shape index (κ1) is 13.8. The molecule has 0 unspecified atom stereocenters. The minimum absolute atomic E-state index is 0.0331. The normalized spacial score (nSPS) is 16.4. The van der Waals surface area contributed by atoms with Crippen molar-refractivity contribution in [3.8, 4) is 11.5 Å². The van der Waals surface area contributed by atoms with Crippen LogP contribution in [0.1, 0.15) is 44.7 Å². The molecule has 2 aromatic carbocycles. The van der Waals surface area contributed by atoms with Crippen LogP contribution in [0.15, 0.2) is 30.3 Å². The summed E-state index contributed by atoms with van der Waals surface area (Å²) in [5.41, 5.74) is 1.58. The van der Waals surface area contributed by atoms with E-state index in [-0.39, 0.29) is 34.2 Å². The van der Waals surface area contributed by atoms with E-state index in [4.69, 9.17) is 0 Å². The Hall–Kier alpha value is -2.82. The van der Waals surface area contributed by atoms with Crippen LogP contribution in [0.4, 0.5) is 5.69 Å². The van der Waals surface area contributed by atoms with Crippen molar-refractivity contribution in [3.63, 3.8) is 0 Å². The van der Waals surface area contributed by atoms with Gasteiger partial charge in [-0.15, -0.1) is 0 Å². The molecule has 1 saturated heterocycles. The number of rotatable bonds is 1. The molecule has 0 amide bonds. The zero-order chi connectivity index (χ0) is 16.1. The molecule has 116 valence electrons. The van der Waals surface area contributed by atoms with Gasteiger partial charge in [0.15, 0.2) is 11.6 Å². The largest absolute Gasteiger partial charge is 0.508 e. The maximum Gasteiger partial charge on any atom is 0.198 e. The molecule has 1 fully saturated rings. The van der Waals surface area contributed by atoms with Crippen LogP contribution in [0.5, 0.6) is 11.5 Å². The van der Waals surface area contributed by atoms with E-state index in [1.165, 1.54) is 6.07 Å². The Morgan fingerprint density at radius 2 is 1.57 bits per heavy atom. The molecular formula is C18H15NO4. The van der Waals surface area contributed by atoms with Gasteiger partial charge in [0.2, 0.25) is 0 Å². The van der Waals surface area contributed by atoms with E-state index in [0.29, 0.717) is 11.1 Å².